The molecule has 4 heteroatoms. The van der Waals surface area contributed by atoms with Crippen molar-refractivity contribution < 1.29 is 4.79 Å². The molecule has 0 amide bonds. The van der Waals surface area contributed by atoms with E-state index in [0.29, 0.717) is 10.6 Å². The number of halogens is 1. The van der Waals surface area contributed by atoms with Crippen LogP contribution in [0.5, 0.6) is 0 Å². The molecular weight excluding hydrogens is 326 g/mol. The predicted molar refractivity (Wildman–Crippen MR) is 98.4 cm³/mol. The third-order valence-corrected chi connectivity index (χ3v) is 4.91. The number of ketones is 1. The first kappa shape index (κ1) is 15.8. The van der Waals surface area contributed by atoms with Gasteiger partial charge >= 0.3 is 0 Å². The molecule has 0 spiro atoms. The first-order chi connectivity index (χ1) is 11.1. The summed E-state index contributed by atoms with van der Waals surface area (Å²) in [6.45, 7) is 3.98. The molecular formula is C19H16ClNOS. The molecule has 2 nitrogen and oxygen atoms in total. The van der Waals surface area contributed by atoms with Gasteiger partial charge in [0.1, 0.15) is 0 Å². The number of rotatable bonds is 4. The second-order valence-corrected chi connectivity index (χ2v) is 6.58. The fraction of sp³-hybridized carbons (Fsp3) is 0.105. The third-order valence-electron chi connectivity index (χ3n) is 3.74. The molecule has 3 aromatic rings. The first-order valence-corrected chi connectivity index (χ1v) is 8.58. The summed E-state index contributed by atoms with van der Waals surface area (Å²) in [4.78, 5) is 12.6. The molecule has 1 N–H and O–H groups in total. The second kappa shape index (κ2) is 6.57. The van der Waals surface area contributed by atoms with Crippen LogP contribution in [-0.2, 0) is 0 Å². The van der Waals surface area contributed by atoms with E-state index in [0.717, 1.165) is 28.1 Å². The highest BCUT2D eigenvalue weighted by Crippen LogP contribution is 2.28. The van der Waals surface area contributed by atoms with Crippen molar-refractivity contribution in [2.75, 3.05) is 5.32 Å². The van der Waals surface area contributed by atoms with Gasteiger partial charge in [0.15, 0.2) is 5.78 Å². The lowest BCUT2D eigenvalue weighted by Gasteiger charge is -2.11. The Morgan fingerprint density at radius 1 is 1.00 bits per heavy atom. The van der Waals surface area contributed by atoms with Gasteiger partial charge in [0.25, 0.3) is 0 Å². The standard InChI is InChI=1S/C19H16ClNOS/c1-12-5-3-4-6-18(12)21-14-7-8-15(17(20)9-14)19(22)16-11-23-10-13(16)2/h3-11,21H,1-2H3. The number of benzene rings is 2. The molecule has 0 fully saturated rings. The minimum atomic E-state index is -0.0313. The molecule has 3 rings (SSSR count). The summed E-state index contributed by atoms with van der Waals surface area (Å²) in [6, 6.07) is 13.5. The van der Waals surface area contributed by atoms with Crippen LogP contribution < -0.4 is 5.32 Å². The van der Waals surface area contributed by atoms with Gasteiger partial charge in [0.05, 0.1) is 5.02 Å². The minimum Gasteiger partial charge on any atom is -0.355 e. The summed E-state index contributed by atoms with van der Waals surface area (Å²) in [5.41, 5.74) is 5.27. The fourth-order valence-corrected chi connectivity index (χ4v) is 3.48. The molecule has 0 saturated carbocycles. The summed E-state index contributed by atoms with van der Waals surface area (Å²) >= 11 is 7.87. The Labute approximate surface area is 144 Å². The van der Waals surface area contributed by atoms with Crippen LogP contribution in [0.25, 0.3) is 0 Å². The van der Waals surface area contributed by atoms with Crippen molar-refractivity contribution in [2.45, 2.75) is 13.8 Å². The maximum absolute atomic E-state index is 12.6. The zero-order valence-corrected chi connectivity index (χ0v) is 14.5. The predicted octanol–water partition coefficient (Wildman–Crippen LogP) is 5.99. The van der Waals surface area contributed by atoms with Crippen molar-refractivity contribution in [1.29, 1.82) is 0 Å². The van der Waals surface area contributed by atoms with Gasteiger partial charge in [0, 0.05) is 27.9 Å². The smallest absolute Gasteiger partial charge is 0.195 e. The number of carbonyl (C=O) groups excluding carboxylic acids is 1. The van der Waals surface area contributed by atoms with E-state index in [-0.39, 0.29) is 5.78 Å². The van der Waals surface area contributed by atoms with Crippen LogP contribution in [-0.4, -0.2) is 5.78 Å². The molecule has 2 aromatic carbocycles. The Morgan fingerprint density at radius 2 is 1.78 bits per heavy atom. The van der Waals surface area contributed by atoms with E-state index in [1.54, 1.807) is 12.1 Å². The molecule has 1 heterocycles. The van der Waals surface area contributed by atoms with E-state index in [1.807, 2.05) is 54.9 Å². The van der Waals surface area contributed by atoms with Gasteiger partial charge in [-0.05, 0) is 54.6 Å². The Hall–Kier alpha value is -2.10. The van der Waals surface area contributed by atoms with Crippen LogP contribution >= 0.6 is 22.9 Å². The largest absolute Gasteiger partial charge is 0.355 e. The first-order valence-electron chi connectivity index (χ1n) is 7.26. The molecule has 116 valence electrons. The number of nitrogens with one attached hydrogen (secondary N) is 1. The van der Waals surface area contributed by atoms with Crippen LogP contribution in [0, 0.1) is 13.8 Å². The summed E-state index contributed by atoms with van der Waals surface area (Å²) in [5.74, 6) is -0.0313. The van der Waals surface area contributed by atoms with Gasteiger partial charge < -0.3 is 5.32 Å². The summed E-state index contributed by atoms with van der Waals surface area (Å²) in [7, 11) is 0. The Morgan fingerprint density at radius 3 is 2.43 bits per heavy atom. The zero-order chi connectivity index (χ0) is 16.4. The van der Waals surface area contributed by atoms with Crippen LogP contribution in [0.3, 0.4) is 0 Å². The number of anilines is 2. The van der Waals surface area contributed by atoms with E-state index in [2.05, 4.69) is 5.32 Å². The summed E-state index contributed by atoms with van der Waals surface area (Å²) in [5, 5.41) is 7.63. The van der Waals surface area contributed by atoms with Gasteiger partial charge in [-0.15, -0.1) is 0 Å². The van der Waals surface area contributed by atoms with Crippen molar-refractivity contribution >= 4 is 40.1 Å². The van der Waals surface area contributed by atoms with Crippen molar-refractivity contribution in [2.24, 2.45) is 0 Å². The zero-order valence-electron chi connectivity index (χ0n) is 12.9. The van der Waals surface area contributed by atoms with Gasteiger partial charge in [-0.25, -0.2) is 0 Å². The van der Waals surface area contributed by atoms with E-state index < -0.39 is 0 Å². The highest BCUT2D eigenvalue weighted by atomic mass is 35.5. The summed E-state index contributed by atoms with van der Waals surface area (Å²) < 4.78 is 0. The lowest BCUT2D eigenvalue weighted by atomic mass is 10.0. The fourth-order valence-electron chi connectivity index (χ4n) is 2.38. The number of hydrogen-bond acceptors (Lipinski definition) is 3. The molecule has 1 aromatic heterocycles. The molecule has 23 heavy (non-hydrogen) atoms. The Bertz CT molecular complexity index is 869. The van der Waals surface area contributed by atoms with Gasteiger partial charge in [-0.3, -0.25) is 4.79 Å². The number of aryl methyl sites for hydroxylation is 2. The molecule has 0 aliphatic rings. The van der Waals surface area contributed by atoms with Gasteiger partial charge in [-0.2, -0.15) is 11.3 Å². The monoisotopic (exact) mass is 341 g/mol. The van der Waals surface area contributed by atoms with E-state index in [4.69, 9.17) is 11.6 Å². The second-order valence-electron chi connectivity index (χ2n) is 5.43. The number of carbonyl (C=O) groups is 1. The molecule has 0 aliphatic carbocycles. The Balaban J connectivity index is 1.88. The normalized spacial score (nSPS) is 10.6. The molecule has 0 bridgehead atoms. The molecule has 0 aliphatic heterocycles. The number of hydrogen-bond donors (Lipinski definition) is 1. The van der Waals surface area contributed by atoms with E-state index >= 15 is 0 Å². The lowest BCUT2D eigenvalue weighted by molar-refractivity contribution is 0.103. The Kier molecular flexibility index (Phi) is 4.51. The maximum Gasteiger partial charge on any atom is 0.195 e. The van der Waals surface area contributed by atoms with Gasteiger partial charge in [-0.1, -0.05) is 29.8 Å². The molecule has 0 radical (unpaired) electrons. The van der Waals surface area contributed by atoms with E-state index in [1.165, 1.54) is 11.3 Å². The third kappa shape index (κ3) is 3.31. The minimum absolute atomic E-state index is 0.0313. The molecule has 0 unspecified atom stereocenters. The topological polar surface area (TPSA) is 29.1 Å². The quantitative estimate of drug-likeness (QED) is 0.590. The van der Waals surface area contributed by atoms with Gasteiger partial charge in [0.2, 0.25) is 0 Å². The van der Waals surface area contributed by atoms with E-state index in [9.17, 15) is 4.79 Å². The van der Waals surface area contributed by atoms with Crippen molar-refractivity contribution in [1.82, 2.24) is 0 Å². The van der Waals surface area contributed by atoms with Crippen LogP contribution in [0.15, 0.2) is 53.2 Å². The lowest BCUT2D eigenvalue weighted by Crippen LogP contribution is -2.03. The SMILES string of the molecule is Cc1ccccc1Nc1ccc(C(=O)c2cscc2C)c(Cl)c1. The number of para-hydroxylation sites is 1. The van der Waals surface area contributed by atoms with Crippen molar-refractivity contribution in [3.8, 4) is 0 Å². The molecule has 0 saturated heterocycles. The number of thiophene rings is 1. The van der Waals surface area contributed by atoms with Crippen molar-refractivity contribution in [3.63, 3.8) is 0 Å². The molecule has 0 atom stereocenters. The van der Waals surface area contributed by atoms with Crippen LogP contribution in [0.2, 0.25) is 5.02 Å². The van der Waals surface area contributed by atoms with Crippen LogP contribution in [0.1, 0.15) is 27.0 Å². The van der Waals surface area contributed by atoms with Crippen LogP contribution in [0.4, 0.5) is 11.4 Å². The highest BCUT2D eigenvalue weighted by Gasteiger charge is 2.16. The average Bonchev–Trinajstić information content (AvgIpc) is 2.95. The summed E-state index contributed by atoms with van der Waals surface area (Å²) in [6.07, 6.45) is 0. The average molecular weight is 342 g/mol. The highest BCUT2D eigenvalue weighted by molar-refractivity contribution is 7.08. The maximum atomic E-state index is 12.6. The van der Waals surface area contributed by atoms with Crippen molar-refractivity contribution in [3.05, 3.63) is 80.5 Å².